The molecule has 0 bridgehead atoms. The van der Waals surface area contributed by atoms with Crippen LogP contribution in [0, 0.1) is 0 Å². The summed E-state index contributed by atoms with van der Waals surface area (Å²) >= 11 is 5.93. The zero-order valence-electron chi connectivity index (χ0n) is 18.5. The Morgan fingerprint density at radius 2 is 1.81 bits per heavy atom. The number of anilines is 1. The smallest absolute Gasteiger partial charge is 0.236 e. The second kappa shape index (κ2) is 11.0. The minimum atomic E-state index is -0.729. The van der Waals surface area contributed by atoms with E-state index in [9.17, 15) is 4.79 Å². The van der Waals surface area contributed by atoms with Crippen LogP contribution in [0.25, 0.3) is 11.1 Å². The molecule has 1 aliphatic rings. The normalized spacial score (nSPS) is 14.6. The predicted molar refractivity (Wildman–Crippen MR) is 125 cm³/mol. The van der Waals surface area contributed by atoms with E-state index in [0.29, 0.717) is 42.8 Å². The molecule has 32 heavy (non-hydrogen) atoms. The topological polar surface area (TPSA) is 86.2 Å². The van der Waals surface area contributed by atoms with E-state index in [4.69, 9.17) is 21.1 Å². The van der Waals surface area contributed by atoms with Crippen LogP contribution in [-0.2, 0) is 14.9 Å². The van der Waals surface area contributed by atoms with Gasteiger partial charge in [0.15, 0.2) is 0 Å². The van der Waals surface area contributed by atoms with Crippen molar-refractivity contribution in [3.63, 3.8) is 0 Å². The summed E-state index contributed by atoms with van der Waals surface area (Å²) < 4.78 is 10.7. The standard InChI is InChI=1S/C22H21ClN4O3.C2H6/c1-29-18-10-16(11-24-14-18)15-2-5-20(26-12-15)27-21(28)22(6-8-30-9-7-22)17-3-4-19(23)25-13-17;1-2/h2-5,10-14H,6-9H2,1H3,(H,26,27,28);1-2H3. The molecular weight excluding hydrogens is 428 g/mol. The lowest BCUT2D eigenvalue weighted by Gasteiger charge is -2.35. The van der Waals surface area contributed by atoms with Gasteiger partial charge in [-0.1, -0.05) is 31.5 Å². The average Bonchev–Trinajstić information content (AvgIpc) is 2.86. The highest BCUT2D eigenvalue weighted by Gasteiger charge is 2.42. The average molecular weight is 455 g/mol. The van der Waals surface area contributed by atoms with Crippen molar-refractivity contribution in [2.75, 3.05) is 25.6 Å². The summed E-state index contributed by atoms with van der Waals surface area (Å²) in [4.78, 5) is 26.1. The highest BCUT2D eigenvalue weighted by Crippen LogP contribution is 2.36. The number of amides is 1. The third-order valence-electron chi connectivity index (χ3n) is 5.35. The van der Waals surface area contributed by atoms with E-state index in [-0.39, 0.29) is 5.91 Å². The highest BCUT2D eigenvalue weighted by atomic mass is 35.5. The van der Waals surface area contributed by atoms with Crippen LogP contribution in [0.5, 0.6) is 5.75 Å². The molecule has 0 radical (unpaired) electrons. The lowest BCUT2D eigenvalue weighted by molar-refractivity contribution is -0.125. The molecule has 4 rings (SSSR count). The van der Waals surface area contributed by atoms with E-state index >= 15 is 0 Å². The second-order valence-electron chi connectivity index (χ2n) is 7.06. The van der Waals surface area contributed by atoms with Crippen molar-refractivity contribution in [3.8, 4) is 16.9 Å². The maximum absolute atomic E-state index is 13.3. The number of nitrogens with zero attached hydrogens (tertiary/aromatic N) is 3. The fraction of sp³-hybridized carbons (Fsp3) is 0.333. The van der Waals surface area contributed by atoms with E-state index in [1.54, 1.807) is 44.0 Å². The summed E-state index contributed by atoms with van der Waals surface area (Å²) in [6.07, 6.45) is 7.88. The third kappa shape index (κ3) is 5.23. The Bertz CT molecular complexity index is 1020. The molecule has 1 saturated heterocycles. The van der Waals surface area contributed by atoms with Gasteiger partial charge in [0.05, 0.1) is 18.7 Å². The van der Waals surface area contributed by atoms with Crippen molar-refractivity contribution >= 4 is 23.3 Å². The van der Waals surface area contributed by atoms with Crippen molar-refractivity contribution in [1.82, 2.24) is 15.0 Å². The van der Waals surface area contributed by atoms with E-state index < -0.39 is 5.41 Å². The molecule has 0 aromatic carbocycles. The third-order valence-corrected chi connectivity index (χ3v) is 5.57. The Morgan fingerprint density at radius 3 is 2.44 bits per heavy atom. The summed E-state index contributed by atoms with van der Waals surface area (Å²) in [5.41, 5.74) is 1.86. The number of pyridine rings is 3. The molecular formula is C24H27ClN4O3. The molecule has 0 spiro atoms. The van der Waals surface area contributed by atoms with Gasteiger partial charge >= 0.3 is 0 Å². The van der Waals surface area contributed by atoms with Crippen LogP contribution >= 0.6 is 11.6 Å². The zero-order valence-corrected chi connectivity index (χ0v) is 19.2. The van der Waals surface area contributed by atoms with Gasteiger partial charge in [-0.15, -0.1) is 0 Å². The number of hydrogen-bond acceptors (Lipinski definition) is 6. The van der Waals surface area contributed by atoms with Gasteiger partial charge in [-0.25, -0.2) is 9.97 Å². The Balaban J connectivity index is 0.00000141. The minimum Gasteiger partial charge on any atom is -0.495 e. The van der Waals surface area contributed by atoms with Gasteiger partial charge in [0.2, 0.25) is 5.91 Å². The van der Waals surface area contributed by atoms with Gasteiger partial charge in [0.1, 0.15) is 16.7 Å². The van der Waals surface area contributed by atoms with Crippen molar-refractivity contribution < 1.29 is 14.3 Å². The number of carbonyl (C=O) groups excluding carboxylic acids is 1. The molecule has 1 N–H and O–H groups in total. The number of carbonyl (C=O) groups is 1. The van der Waals surface area contributed by atoms with Gasteiger partial charge in [0.25, 0.3) is 0 Å². The highest BCUT2D eigenvalue weighted by molar-refractivity contribution is 6.29. The van der Waals surface area contributed by atoms with Gasteiger partial charge in [-0.3, -0.25) is 9.78 Å². The van der Waals surface area contributed by atoms with Crippen LogP contribution in [-0.4, -0.2) is 41.2 Å². The van der Waals surface area contributed by atoms with Crippen LogP contribution in [0.4, 0.5) is 5.82 Å². The lowest BCUT2D eigenvalue weighted by atomic mass is 9.74. The summed E-state index contributed by atoms with van der Waals surface area (Å²) in [5.74, 6) is 1.02. The van der Waals surface area contributed by atoms with Gasteiger partial charge in [-0.2, -0.15) is 0 Å². The Morgan fingerprint density at radius 1 is 1.03 bits per heavy atom. The Labute approximate surface area is 193 Å². The molecule has 0 aliphatic carbocycles. The van der Waals surface area contributed by atoms with E-state index in [1.807, 2.05) is 32.0 Å². The van der Waals surface area contributed by atoms with E-state index in [1.165, 1.54) is 0 Å². The van der Waals surface area contributed by atoms with E-state index in [0.717, 1.165) is 16.7 Å². The molecule has 3 aromatic rings. The van der Waals surface area contributed by atoms with Crippen LogP contribution in [0.2, 0.25) is 5.15 Å². The molecule has 1 amide bonds. The Kier molecular flexibility index (Phi) is 8.14. The molecule has 8 heteroatoms. The first kappa shape index (κ1) is 23.6. The SMILES string of the molecule is CC.COc1cncc(-c2ccc(NC(=O)C3(c4ccc(Cl)nc4)CCOCC3)nc2)c1. The zero-order chi connectivity index (χ0) is 23.0. The number of hydrogen-bond donors (Lipinski definition) is 1. The molecule has 0 atom stereocenters. The van der Waals surface area contributed by atoms with Gasteiger partial charge < -0.3 is 14.8 Å². The maximum Gasteiger partial charge on any atom is 0.236 e. The molecule has 168 valence electrons. The first-order chi connectivity index (χ1) is 15.6. The lowest BCUT2D eigenvalue weighted by Crippen LogP contribution is -2.45. The largest absolute Gasteiger partial charge is 0.495 e. The van der Waals surface area contributed by atoms with Crippen molar-refractivity contribution in [2.45, 2.75) is 32.1 Å². The molecule has 4 heterocycles. The second-order valence-corrected chi connectivity index (χ2v) is 7.45. The molecule has 1 fully saturated rings. The number of aromatic nitrogens is 3. The van der Waals surface area contributed by atoms with Crippen LogP contribution in [0.1, 0.15) is 32.3 Å². The number of methoxy groups -OCH3 is 1. The number of halogens is 1. The quantitative estimate of drug-likeness (QED) is 0.551. The maximum atomic E-state index is 13.3. The Hall–Kier alpha value is -3.03. The van der Waals surface area contributed by atoms with Crippen molar-refractivity contribution in [2.24, 2.45) is 0 Å². The number of rotatable bonds is 5. The number of nitrogens with one attached hydrogen (secondary N) is 1. The molecule has 1 aliphatic heterocycles. The first-order valence-electron chi connectivity index (χ1n) is 10.6. The van der Waals surface area contributed by atoms with Crippen molar-refractivity contribution in [3.05, 3.63) is 65.8 Å². The van der Waals surface area contributed by atoms with Gasteiger partial charge in [0, 0.05) is 42.9 Å². The fourth-order valence-electron chi connectivity index (χ4n) is 3.59. The number of ether oxygens (including phenoxy) is 2. The predicted octanol–water partition coefficient (Wildman–Crippen LogP) is 4.91. The molecule has 0 saturated carbocycles. The van der Waals surface area contributed by atoms with Crippen LogP contribution in [0.15, 0.2) is 55.1 Å². The summed E-state index contributed by atoms with van der Waals surface area (Å²) in [5, 5.41) is 3.35. The monoisotopic (exact) mass is 454 g/mol. The minimum absolute atomic E-state index is 0.127. The molecule has 7 nitrogen and oxygen atoms in total. The first-order valence-corrected chi connectivity index (χ1v) is 11.0. The summed E-state index contributed by atoms with van der Waals surface area (Å²) in [7, 11) is 1.60. The van der Waals surface area contributed by atoms with E-state index in [2.05, 4.69) is 20.3 Å². The summed E-state index contributed by atoms with van der Waals surface area (Å²) in [6, 6.07) is 9.11. The fourth-order valence-corrected chi connectivity index (χ4v) is 3.70. The van der Waals surface area contributed by atoms with Crippen molar-refractivity contribution in [1.29, 1.82) is 0 Å². The molecule has 0 unspecified atom stereocenters. The summed E-state index contributed by atoms with van der Waals surface area (Å²) in [6.45, 7) is 5.01. The van der Waals surface area contributed by atoms with Crippen LogP contribution < -0.4 is 10.1 Å². The van der Waals surface area contributed by atoms with Crippen LogP contribution in [0.3, 0.4) is 0 Å². The molecule has 3 aromatic heterocycles. The van der Waals surface area contributed by atoms with Gasteiger partial charge in [-0.05, 0) is 42.7 Å².